The minimum Gasteiger partial charge on any atom is -0.497 e. The predicted octanol–water partition coefficient (Wildman–Crippen LogP) is 3.11. The molecule has 0 aliphatic carbocycles. The van der Waals surface area contributed by atoms with Gasteiger partial charge in [-0.05, 0) is 69.2 Å². The fourth-order valence-electron chi connectivity index (χ4n) is 2.86. The van der Waals surface area contributed by atoms with E-state index in [1.807, 2.05) is 18.2 Å². The lowest BCUT2D eigenvalue weighted by Gasteiger charge is -2.30. The Labute approximate surface area is 150 Å². The first-order valence-corrected chi connectivity index (χ1v) is 9.02. The topological polar surface area (TPSA) is 45.8 Å². The Morgan fingerprint density at radius 3 is 2.67 bits per heavy atom. The van der Waals surface area contributed by atoms with Crippen LogP contribution in [0.3, 0.4) is 0 Å². The van der Waals surface area contributed by atoms with Gasteiger partial charge in [0.2, 0.25) is 0 Å². The van der Waals surface area contributed by atoms with E-state index in [0.717, 1.165) is 36.9 Å². The van der Waals surface area contributed by atoms with Crippen LogP contribution < -0.4 is 20.1 Å². The maximum absolute atomic E-state index is 5.37. The van der Waals surface area contributed by atoms with Crippen LogP contribution in [0.5, 0.6) is 11.5 Å². The second-order valence-corrected chi connectivity index (χ2v) is 6.73. The Kier molecular flexibility index (Phi) is 7.59. The van der Waals surface area contributed by atoms with E-state index >= 15 is 0 Å². The van der Waals surface area contributed by atoms with Crippen molar-refractivity contribution in [1.29, 1.82) is 0 Å². The third-order valence-electron chi connectivity index (χ3n) is 4.47. The van der Waals surface area contributed by atoms with Crippen LogP contribution in [0.2, 0.25) is 0 Å². The molecule has 1 fully saturated rings. The molecule has 24 heavy (non-hydrogen) atoms. The molecular weight excluding hydrogens is 322 g/mol. The molecule has 1 aromatic carbocycles. The number of ether oxygens (including phenoxy) is 2. The smallest absolute Gasteiger partial charge is 0.170 e. The van der Waals surface area contributed by atoms with Gasteiger partial charge in [0, 0.05) is 12.6 Å². The highest BCUT2D eigenvalue weighted by molar-refractivity contribution is 7.80. The average Bonchev–Trinajstić information content (AvgIpc) is 2.60. The van der Waals surface area contributed by atoms with Gasteiger partial charge in [-0.3, -0.25) is 0 Å². The first kappa shape index (κ1) is 18.8. The van der Waals surface area contributed by atoms with Crippen molar-refractivity contribution in [3.05, 3.63) is 18.2 Å². The van der Waals surface area contributed by atoms with Crippen molar-refractivity contribution >= 4 is 23.0 Å². The molecule has 0 aromatic heterocycles. The monoisotopic (exact) mass is 351 g/mol. The molecule has 2 N–H and O–H groups in total. The average molecular weight is 352 g/mol. The molecule has 0 spiro atoms. The summed E-state index contributed by atoms with van der Waals surface area (Å²) in [5.41, 5.74) is 0.834. The first-order chi connectivity index (χ1) is 11.6. The van der Waals surface area contributed by atoms with Crippen molar-refractivity contribution in [2.75, 3.05) is 45.7 Å². The summed E-state index contributed by atoms with van der Waals surface area (Å²) in [6, 6.07) is 5.62. The third-order valence-corrected chi connectivity index (χ3v) is 4.72. The minimum atomic E-state index is 0.616. The predicted molar refractivity (Wildman–Crippen MR) is 103 cm³/mol. The van der Waals surface area contributed by atoms with Gasteiger partial charge in [0.1, 0.15) is 11.5 Å². The Balaban J connectivity index is 1.70. The number of thiocarbonyl (C=S) groups is 1. The van der Waals surface area contributed by atoms with Crippen LogP contribution in [0.4, 0.5) is 5.69 Å². The number of anilines is 1. The Morgan fingerprint density at radius 1 is 1.25 bits per heavy atom. The highest BCUT2D eigenvalue weighted by Crippen LogP contribution is 2.28. The van der Waals surface area contributed by atoms with Crippen molar-refractivity contribution < 1.29 is 9.47 Å². The zero-order valence-electron chi connectivity index (χ0n) is 14.9. The fraction of sp³-hybridized carbons (Fsp3) is 0.611. The number of hydrogen-bond donors (Lipinski definition) is 2. The Hall–Kier alpha value is -1.53. The lowest BCUT2D eigenvalue weighted by atomic mass is 9.99. The first-order valence-electron chi connectivity index (χ1n) is 8.61. The Morgan fingerprint density at radius 2 is 2.00 bits per heavy atom. The van der Waals surface area contributed by atoms with Crippen LogP contribution in [-0.2, 0) is 0 Å². The molecule has 1 aromatic rings. The van der Waals surface area contributed by atoms with Crippen molar-refractivity contribution in [3.8, 4) is 11.5 Å². The number of rotatable bonds is 7. The summed E-state index contributed by atoms with van der Waals surface area (Å²) in [5.74, 6) is 2.35. The van der Waals surface area contributed by atoms with Crippen LogP contribution in [0, 0.1) is 5.92 Å². The lowest BCUT2D eigenvalue weighted by molar-refractivity contribution is 0.191. The van der Waals surface area contributed by atoms with E-state index in [0.29, 0.717) is 10.9 Å². The van der Waals surface area contributed by atoms with E-state index in [1.54, 1.807) is 14.2 Å². The van der Waals surface area contributed by atoms with Gasteiger partial charge in [-0.25, -0.2) is 0 Å². The van der Waals surface area contributed by atoms with Crippen molar-refractivity contribution in [3.63, 3.8) is 0 Å². The second kappa shape index (κ2) is 9.69. The summed E-state index contributed by atoms with van der Waals surface area (Å²) in [6.45, 7) is 6.81. The highest BCUT2D eigenvalue weighted by atomic mass is 32.1. The molecule has 0 bridgehead atoms. The molecule has 5 nitrogen and oxygen atoms in total. The number of nitrogens with zero attached hydrogens (tertiary/aromatic N) is 1. The van der Waals surface area contributed by atoms with Crippen LogP contribution in [0.15, 0.2) is 18.2 Å². The van der Waals surface area contributed by atoms with Crippen LogP contribution in [0.25, 0.3) is 0 Å². The van der Waals surface area contributed by atoms with E-state index in [-0.39, 0.29) is 0 Å². The zero-order chi connectivity index (χ0) is 17.4. The normalized spacial score (nSPS) is 15.8. The van der Waals surface area contributed by atoms with E-state index < -0.39 is 0 Å². The summed E-state index contributed by atoms with van der Waals surface area (Å²) in [4.78, 5) is 2.55. The third kappa shape index (κ3) is 5.83. The molecule has 134 valence electrons. The van der Waals surface area contributed by atoms with E-state index in [2.05, 4.69) is 22.5 Å². The van der Waals surface area contributed by atoms with Crippen molar-refractivity contribution in [2.45, 2.75) is 26.2 Å². The molecule has 1 aliphatic heterocycles. The maximum atomic E-state index is 5.37. The van der Waals surface area contributed by atoms with Gasteiger partial charge in [0.05, 0.1) is 19.9 Å². The van der Waals surface area contributed by atoms with Crippen molar-refractivity contribution in [2.24, 2.45) is 5.92 Å². The number of piperidine rings is 1. The molecule has 0 atom stereocenters. The van der Waals surface area contributed by atoms with Gasteiger partial charge in [-0.2, -0.15) is 0 Å². The number of benzene rings is 1. The van der Waals surface area contributed by atoms with Crippen molar-refractivity contribution in [1.82, 2.24) is 10.2 Å². The van der Waals surface area contributed by atoms with E-state index in [4.69, 9.17) is 21.7 Å². The molecule has 1 heterocycles. The Bertz CT molecular complexity index is 531. The summed E-state index contributed by atoms with van der Waals surface area (Å²) in [5, 5.41) is 7.07. The van der Waals surface area contributed by atoms with E-state index in [9.17, 15) is 0 Å². The van der Waals surface area contributed by atoms with Crippen LogP contribution in [-0.4, -0.2) is 50.4 Å². The zero-order valence-corrected chi connectivity index (χ0v) is 15.7. The van der Waals surface area contributed by atoms with Gasteiger partial charge in [0.15, 0.2) is 5.11 Å². The molecule has 0 radical (unpaired) electrons. The molecule has 0 amide bonds. The lowest BCUT2D eigenvalue weighted by Crippen LogP contribution is -2.36. The SMILES string of the molecule is COc1ccc(NC(=S)NCCCN2CCC(C)CC2)c(OC)c1. The second-order valence-electron chi connectivity index (χ2n) is 6.32. The van der Waals surface area contributed by atoms with Gasteiger partial charge in [-0.15, -0.1) is 0 Å². The van der Waals surface area contributed by atoms with Gasteiger partial charge in [0.25, 0.3) is 0 Å². The minimum absolute atomic E-state index is 0.616. The van der Waals surface area contributed by atoms with E-state index in [1.165, 1.54) is 25.9 Å². The highest BCUT2D eigenvalue weighted by Gasteiger charge is 2.14. The molecule has 0 saturated carbocycles. The summed E-state index contributed by atoms with van der Waals surface area (Å²) in [7, 11) is 3.27. The number of hydrogen-bond acceptors (Lipinski definition) is 4. The number of nitrogens with one attached hydrogen (secondary N) is 2. The molecule has 2 rings (SSSR count). The summed E-state index contributed by atoms with van der Waals surface area (Å²) in [6.07, 6.45) is 3.74. The maximum Gasteiger partial charge on any atom is 0.170 e. The molecule has 6 heteroatoms. The summed E-state index contributed by atoms with van der Waals surface area (Å²) >= 11 is 5.37. The molecular formula is C18H29N3O2S. The quantitative estimate of drug-likeness (QED) is 0.581. The largest absolute Gasteiger partial charge is 0.497 e. The standard InChI is InChI=1S/C18H29N3O2S/c1-14-7-11-21(12-8-14)10-4-9-19-18(24)20-16-6-5-15(22-2)13-17(16)23-3/h5-6,13-14H,4,7-12H2,1-3H3,(H2,19,20,24). The van der Waals surface area contributed by atoms with Crippen LogP contribution >= 0.6 is 12.2 Å². The fourth-order valence-corrected chi connectivity index (χ4v) is 3.07. The number of likely N-dealkylation sites (tertiary alicyclic amines) is 1. The van der Waals surface area contributed by atoms with Gasteiger partial charge >= 0.3 is 0 Å². The van der Waals surface area contributed by atoms with Gasteiger partial charge in [-0.1, -0.05) is 6.92 Å². The van der Waals surface area contributed by atoms with Crippen LogP contribution in [0.1, 0.15) is 26.2 Å². The van der Waals surface area contributed by atoms with Gasteiger partial charge < -0.3 is 25.0 Å². The molecule has 1 saturated heterocycles. The molecule has 1 aliphatic rings. The summed E-state index contributed by atoms with van der Waals surface area (Å²) < 4.78 is 10.6. The number of methoxy groups -OCH3 is 2. The molecule has 0 unspecified atom stereocenters.